The van der Waals surface area contributed by atoms with Gasteiger partial charge in [-0.2, -0.15) is 4.68 Å². The molecule has 0 unspecified atom stereocenters. The molecule has 1 aliphatic heterocycles. The average molecular weight is 419 g/mol. The number of aryl methyl sites for hydroxylation is 1. The molecule has 31 heavy (non-hydrogen) atoms. The van der Waals surface area contributed by atoms with E-state index < -0.39 is 0 Å². The Morgan fingerprint density at radius 3 is 2.52 bits per heavy atom. The zero-order chi connectivity index (χ0) is 22.0. The minimum atomic E-state index is 0.490. The lowest BCUT2D eigenvalue weighted by atomic mass is 10.1. The molecule has 0 bridgehead atoms. The number of hydrogen-bond donors (Lipinski definition) is 0. The van der Waals surface area contributed by atoms with Gasteiger partial charge in [-0.3, -0.25) is 9.82 Å². The third-order valence-corrected chi connectivity index (χ3v) is 5.16. The number of hydroxylamine groups is 2. The van der Waals surface area contributed by atoms with E-state index in [2.05, 4.69) is 56.1 Å². The van der Waals surface area contributed by atoms with Crippen molar-refractivity contribution in [3.05, 3.63) is 48.2 Å². The van der Waals surface area contributed by atoms with Crippen LogP contribution in [0, 0.1) is 6.92 Å². The van der Waals surface area contributed by atoms with Gasteiger partial charge in [-0.05, 0) is 44.5 Å². The van der Waals surface area contributed by atoms with Crippen molar-refractivity contribution >= 4 is 22.9 Å². The van der Waals surface area contributed by atoms with Crippen molar-refractivity contribution in [3.63, 3.8) is 0 Å². The topological polar surface area (TPSA) is 96.9 Å². The Kier molecular flexibility index (Phi) is 5.72. The number of rotatable bonds is 6. The largest absolute Gasteiger partial charge is 0.372 e. The van der Waals surface area contributed by atoms with Gasteiger partial charge in [0.2, 0.25) is 17.5 Å². The van der Waals surface area contributed by atoms with Gasteiger partial charge in [0.1, 0.15) is 5.69 Å². The van der Waals surface area contributed by atoms with Crippen molar-refractivity contribution in [2.24, 2.45) is 10.1 Å². The van der Waals surface area contributed by atoms with E-state index in [1.807, 2.05) is 13.0 Å². The van der Waals surface area contributed by atoms with Gasteiger partial charge in [0, 0.05) is 38.2 Å². The van der Waals surface area contributed by atoms with Gasteiger partial charge >= 0.3 is 0 Å². The predicted molar refractivity (Wildman–Crippen MR) is 120 cm³/mol. The number of hydrogen-bond acceptors (Lipinski definition) is 9. The monoisotopic (exact) mass is 419 g/mol. The van der Waals surface area contributed by atoms with Crippen LogP contribution in [0.25, 0.3) is 11.5 Å². The quantitative estimate of drug-likeness (QED) is 0.567. The molecule has 3 aromatic rings. The summed E-state index contributed by atoms with van der Waals surface area (Å²) in [5, 5.41) is 14.8. The number of aromatic nitrogens is 5. The second-order valence-electron chi connectivity index (χ2n) is 6.96. The third kappa shape index (κ3) is 3.77. The van der Waals surface area contributed by atoms with Crippen LogP contribution in [0.15, 0.2) is 46.9 Å². The van der Waals surface area contributed by atoms with Crippen LogP contribution in [0.5, 0.6) is 0 Å². The summed E-state index contributed by atoms with van der Waals surface area (Å²) in [5.41, 5.74) is 4.22. The zero-order valence-corrected chi connectivity index (χ0v) is 18.3. The standard InChI is InChI=1S/C21H25N9O/c1-6-29(7-2)15-8-9-16(14(3)12-15)24-18-20-26-25-19(17-13-22-10-11-23-17)30(20)27-21(18)28(4)31-5/h8-13H,6-7H2,1-5H3. The fraction of sp³-hybridized carbons (Fsp3) is 0.333. The van der Waals surface area contributed by atoms with E-state index in [0.29, 0.717) is 28.9 Å². The lowest BCUT2D eigenvalue weighted by molar-refractivity contribution is -0.0397. The van der Waals surface area contributed by atoms with Gasteiger partial charge in [0.15, 0.2) is 5.71 Å². The highest BCUT2D eigenvalue weighted by atomic mass is 16.7. The van der Waals surface area contributed by atoms with Crippen molar-refractivity contribution in [3.8, 4) is 11.5 Å². The van der Waals surface area contributed by atoms with E-state index in [0.717, 1.165) is 24.3 Å². The normalized spacial score (nSPS) is 14.0. The molecule has 2 aromatic heterocycles. The molecule has 10 nitrogen and oxygen atoms in total. The molecule has 0 amide bonds. The lowest BCUT2D eigenvalue weighted by Crippen LogP contribution is -2.31. The molecule has 0 spiro atoms. The first kappa shape index (κ1) is 20.6. The number of amidine groups is 1. The van der Waals surface area contributed by atoms with Crippen LogP contribution in [-0.4, -0.2) is 68.7 Å². The second-order valence-corrected chi connectivity index (χ2v) is 6.96. The summed E-state index contributed by atoms with van der Waals surface area (Å²) in [6, 6.07) is 6.25. The number of likely N-dealkylation sites (N-methyl/N-ethyl adjacent to an activating group) is 1. The van der Waals surface area contributed by atoms with Crippen LogP contribution in [0.2, 0.25) is 0 Å². The van der Waals surface area contributed by atoms with Crippen LogP contribution in [0.3, 0.4) is 0 Å². The van der Waals surface area contributed by atoms with Gasteiger partial charge in [0.25, 0.3) is 0 Å². The molecule has 0 atom stereocenters. The third-order valence-electron chi connectivity index (χ3n) is 5.16. The Morgan fingerprint density at radius 1 is 1.10 bits per heavy atom. The SMILES string of the molecule is CCN(CC)c1ccc(N=C2C(N(C)OC)=Nn3c2nnc3-c2cnccn2)c(C)c1. The van der Waals surface area contributed by atoms with Crippen molar-refractivity contribution in [1.29, 1.82) is 0 Å². The van der Waals surface area contributed by atoms with Crippen LogP contribution < -0.4 is 4.90 Å². The number of nitrogens with zero attached hydrogens (tertiary/aromatic N) is 9. The van der Waals surface area contributed by atoms with Crippen LogP contribution in [-0.2, 0) is 4.84 Å². The van der Waals surface area contributed by atoms with Crippen molar-refractivity contribution < 1.29 is 4.84 Å². The smallest absolute Gasteiger partial charge is 0.207 e. The number of fused-ring (bicyclic) bond motifs is 1. The molecule has 0 radical (unpaired) electrons. The first-order valence-corrected chi connectivity index (χ1v) is 10.1. The summed E-state index contributed by atoms with van der Waals surface area (Å²) in [6.45, 7) is 8.25. The molecule has 1 aromatic carbocycles. The zero-order valence-electron chi connectivity index (χ0n) is 18.3. The second kappa shape index (κ2) is 8.60. The molecule has 0 N–H and O–H groups in total. The first-order chi connectivity index (χ1) is 15.1. The van der Waals surface area contributed by atoms with Gasteiger partial charge in [-0.15, -0.1) is 15.3 Å². The Morgan fingerprint density at radius 2 is 1.87 bits per heavy atom. The highest BCUT2D eigenvalue weighted by molar-refractivity contribution is 6.48. The van der Waals surface area contributed by atoms with E-state index in [-0.39, 0.29) is 0 Å². The molecular weight excluding hydrogens is 394 g/mol. The fourth-order valence-electron chi connectivity index (χ4n) is 3.41. The maximum absolute atomic E-state index is 5.38. The summed E-state index contributed by atoms with van der Waals surface area (Å²) < 4.78 is 1.62. The summed E-state index contributed by atoms with van der Waals surface area (Å²) in [7, 11) is 3.35. The summed E-state index contributed by atoms with van der Waals surface area (Å²) >= 11 is 0. The van der Waals surface area contributed by atoms with Crippen LogP contribution in [0.1, 0.15) is 25.2 Å². The highest BCUT2D eigenvalue weighted by Gasteiger charge is 2.32. The molecule has 10 heteroatoms. The van der Waals surface area contributed by atoms with Gasteiger partial charge in [-0.1, -0.05) is 0 Å². The van der Waals surface area contributed by atoms with Gasteiger partial charge in [0.05, 0.1) is 19.0 Å². The number of aliphatic imine (C=N–C) groups is 1. The fourth-order valence-corrected chi connectivity index (χ4v) is 3.41. The summed E-state index contributed by atoms with van der Waals surface area (Å²) in [6.07, 6.45) is 4.83. The molecule has 0 saturated carbocycles. The Hall–Kier alpha value is -3.66. The average Bonchev–Trinajstić information content (AvgIpc) is 3.36. The van der Waals surface area contributed by atoms with Crippen molar-refractivity contribution in [2.45, 2.75) is 20.8 Å². The Labute approximate surface area is 180 Å². The van der Waals surface area contributed by atoms with Crippen molar-refractivity contribution in [1.82, 2.24) is 29.9 Å². The van der Waals surface area contributed by atoms with Crippen molar-refractivity contribution in [2.75, 3.05) is 32.1 Å². The number of anilines is 1. The molecule has 0 saturated heterocycles. The predicted octanol–water partition coefficient (Wildman–Crippen LogP) is 2.68. The minimum absolute atomic E-state index is 0.490. The Bertz CT molecular complexity index is 1130. The number of benzene rings is 1. The molecule has 0 aliphatic carbocycles. The summed E-state index contributed by atoms with van der Waals surface area (Å²) in [5.74, 6) is 1.54. The van der Waals surface area contributed by atoms with Gasteiger partial charge < -0.3 is 4.90 Å². The van der Waals surface area contributed by atoms with E-state index in [1.165, 1.54) is 5.69 Å². The van der Waals surface area contributed by atoms with E-state index in [9.17, 15) is 0 Å². The maximum atomic E-state index is 5.38. The van der Waals surface area contributed by atoms with Crippen LogP contribution in [0.4, 0.5) is 11.4 Å². The minimum Gasteiger partial charge on any atom is -0.372 e. The Balaban J connectivity index is 1.79. The maximum Gasteiger partial charge on any atom is 0.207 e. The highest BCUT2D eigenvalue weighted by Crippen LogP contribution is 2.28. The van der Waals surface area contributed by atoms with E-state index in [1.54, 1.807) is 42.5 Å². The lowest BCUT2D eigenvalue weighted by Gasteiger charge is -2.21. The molecular formula is C21H25N9O. The molecule has 160 valence electrons. The summed E-state index contributed by atoms with van der Waals surface area (Å²) in [4.78, 5) is 21.0. The molecule has 3 heterocycles. The molecule has 0 fully saturated rings. The van der Waals surface area contributed by atoms with Gasteiger partial charge in [-0.25, -0.2) is 15.0 Å². The van der Waals surface area contributed by atoms with Crippen LogP contribution >= 0.6 is 0 Å². The molecule has 4 rings (SSSR count). The molecule has 1 aliphatic rings. The first-order valence-electron chi connectivity index (χ1n) is 10.1. The van der Waals surface area contributed by atoms with E-state index >= 15 is 0 Å². The van der Waals surface area contributed by atoms with E-state index in [4.69, 9.17) is 9.83 Å².